The van der Waals surface area contributed by atoms with Crippen LogP contribution in [0.4, 0.5) is 0 Å². The van der Waals surface area contributed by atoms with Gasteiger partial charge >= 0.3 is 0 Å². The van der Waals surface area contributed by atoms with Gasteiger partial charge in [-0.15, -0.1) is 5.10 Å². The number of halogens is 1. The molecular formula is C13H16ClN5O2. The van der Waals surface area contributed by atoms with E-state index < -0.39 is 0 Å². The van der Waals surface area contributed by atoms with Crippen molar-refractivity contribution in [3.63, 3.8) is 0 Å². The van der Waals surface area contributed by atoms with E-state index in [-0.39, 0.29) is 25.1 Å². The van der Waals surface area contributed by atoms with Gasteiger partial charge in [-0.2, -0.15) is 0 Å². The van der Waals surface area contributed by atoms with E-state index in [0.717, 1.165) is 0 Å². The highest BCUT2D eigenvalue weighted by Crippen LogP contribution is 2.23. The predicted molar refractivity (Wildman–Crippen MR) is 76.9 cm³/mol. The number of aromatic nitrogens is 4. The van der Waals surface area contributed by atoms with Gasteiger partial charge in [0, 0.05) is 6.04 Å². The molecule has 7 nitrogen and oxygen atoms in total. The molecule has 0 aliphatic carbocycles. The number of ether oxygens (including phenoxy) is 1. The van der Waals surface area contributed by atoms with E-state index in [2.05, 4.69) is 20.8 Å². The van der Waals surface area contributed by atoms with Gasteiger partial charge in [-0.1, -0.05) is 23.7 Å². The van der Waals surface area contributed by atoms with E-state index in [0.29, 0.717) is 16.6 Å². The number of carbonyl (C=O) groups is 1. The number of tetrazole rings is 1. The molecule has 1 aromatic heterocycles. The maximum atomic E-state index is 11.7. The minimum atomic E-state index is -0.156. The number of hydrogen-bond acceptors (Lipinski definition) is 5. The first-order valence-corrected chi connectivity index (χ1v) is 6.86. The van der Waals surface area contributed by atoms with Gasteiger partial charge in [-0.05, 0) is 36.4 Å². The predicted octanol–water partition coefficient (Wildman–Crippen LogP) is 1.43. The first-order chi connectivity index (χ1) is 10.1. The summed E-state index contributed by atoms with van der Waals surface area (Å²) in [4.78, 5) is 11.7. The zero-order valence-corrected chi connectivity index (χ0v) is 12.5. The van der Waals surface area contributed by atoms with Gasteiger partial charge in [-0.25, -0.2) is 4.68 Å². The standard InChI is InChI=1S/C13H16ClN5O2/c1-9(2)15-13(20)7-19-12(16-17-18-19)8-21-11-6-4-3-5-10(11)14/h3-6,9H,7-8H2,1-2H3,(H,15,20). The maximum Gasteiger partial charge on any atom is 0.242 e. The fourth-order valence-corrected chi connectivity index (χ4v) is 1.85. The molecule has 21 heavy (non-hydrogen) atoms. The number of amides is 1. The molecule has 8 heteroatoms. The summed E-state index contributed by atoms with van der Waals surface area (Å²) in [6.45, 7) is 3.95. The number of para-hydroxylation sites is 1. The lowest BCUT2D eigenvalue weighted by molar-refractivity contribution is -0.122. The smallest absolute Gasteiger partial charge is 0.242 e. The zero-order valence-electron chi connectivity index (χ0n) is 11.8. The van der Waals surface area contributed by atoms with Crippen LogP contribution in [0.5, 0.6) is 5.75 Å². The monoisotopic (exact) mass is 309 g/mol. The van der Waals surface area contributed by atoms with Gasteiger partial charge in [0.1, 0.15) is 18.9 Å². The lowest BCUT2D eigenvalue weighted by Gasteiger charge is -2.10. The van der Waals surface area contributed by atoms with Crippen LogP contribution < -0.4 is 10.1 Å². The second kappa shape index (κ2) is 7.03. The molecule has 0 saturated carbocycles. The number of nitrogens with zero attached hydrogens (tertiary/aromatic N) is 4. The average Bonchev–Trinajstić information content (AvgIpc) is 2.84. The van der Waals surface area contributed by atoms with Gasteiger partial charge in [-0.3, -0.25) is 4.79 Å². The summed E-state index contributed by atoms with van der Waals surface area (Å²) in [5.74, 6) is 0.838. The largest absolute Gasteiger partial charge is 0.484 e. The Hall–Kier alpha value is -2.15. The second-order valence-electron chi connectivity index (χ2n) is 4.69. The van der Waals surface area contributed by atoms with Crippen molar-refractivity contribution in [2.75, 3.05) is 0 Å². The maximum absolute atomic E-state index is 11.7. The van der Waals surface area contributed by atoms with Crippen molar-refractivity contribution in [2.45, 2.75) is 33.0 Å². The molecule has 1 heterocycles. The molecule has 2 aromatic rings. The van der Waals surface area contributed by atoms with E-state index in [9.17, 15) is 4.79 Å². The first kappa shape index (κ1) is 15.2. The van der Waals surface area contributed by atoms with E-state index in [1.54, 1.807) is 12.1 Å². The number of benzene rings is 1. The minimum absolute atomic E-state index is 0.0480. The van der Waals surface area contributed by atoms with Crippen molar-refractivity contribution < 1.29 is 9.53 Å². The first-order valence-electron chi connectivity index (χ1n) is 6.48. The topological polar surface area (TPSA) is 81.9 Å². The summed E-state index contributed by atoms with van der Waals surface area (Å²) >= 11 is 6.00. The average molecular weight is 310 g/mol. The summed E-state index contributed by atoms with van der Waals surface area (Å²) in [7, 11) is 0. The Labute approximate surface area is 127 Å². The van der Waals surface area contributed by atoms with Crippen LogP contribution in [0, 0.1) is 0 Å². The van der Waals surface area contributed by atoms with Crippen LogP contribution in [0.2, 0.25) is 5.02 Å². The normalized spacial score (nSPS) is 10.7. The van der Waals surface area contributed by atoms with Crippen molar-refractivity contribution >= 4 is 17.5 Å². The fourth-order valence-electron chi connectivity index (χ4n) is 1.66. The fraction of sp³-hybridized carbons (Fsp3) is 0.385. The van der Waals surface area contributed by atoms with Crippen LogP contribution in [-0.2, 0) is 17.9 Å². The van der Waals surface area contributed by atoms with Crippen LogP contribution in [0.25, 0.3) is 0 Å². The zero-order chi connectivity index (χ0) is 15.2. The summed E-state index contributed by atoms with van der Waals surface area (Å²) in [6.07, 6.45) is 0. The van der Waals surface area contributed by atoms with Crippen molar-refractivity contribution in [2.24, 2.45) is 0 Å². The number of carbonyl (C=O) groups excluding carboxylic acids is 1. The van der Waals surface area contributed by atoms with Crippen LogP contribution >= 0.6 is 11.6 Å². The molecular weight excluding hydrogens is 294 g/mol. The highest BCUT2D eigenvalue weighted by molar-refractivity contribution is 6.32. The molecule has 0 radical (unpaired) electrons. The van der Waals surface area contributed by atoms with Gasteiger partial charge in [0.25, 0.3) is 0 Å². The molecule has 0 saturated heterocycles. The van der Waals surface area contributed by atoms with Gasteiger partial charge < -0.3 is 10.1 Å². The van der Waals surface area contributed by atoms with E-state index in [1.165, 1.54) is 4.68 Å². The van der Waals surface area contributed by atoms with Crippen LogP contribution in [0.1, 0.15) is 19.7 Å². The third kappa shape index (κ3) is 4.42. The van der Waals surface area contributed by atoms with Crippen molar-refractivity contribution in [3.8, 4) is 5.75 Å². The molecule has 1 N–H and O–H groups in total. The summed E-state index contributed by atoms with van der Waals surface area (Å²) in [6, 6.07) is 7.19. The molecule has 0 bridgehead atoms. The van der Waals surface area contributed by atoms with Crippen molar-refractivity contribution in [3.05, 3.63) is 35.1 Å². The Kier molecular flexibility index (Phi) is 5.10. The molecule has 0 aliphatic rings. The lowest BCUT2D eigenvalue weighted by Crippen LogP contribution is -2.33. The van der Waals surface area contributed by atoms with Crippen LogP contribution in [-0.4, -0.2) is 32.2 Å². The summed E-state index contributed by atoms with van der Waals surface area (Å²) in [5, 5.41) is 14.5. The molecule has 0 atom stereocenters. The minimum Gasteiger partial charge on any atom is -0.484 e. The quantitative estimate of drug-likeness (QED) is 0.873. The number of hydrogen-bond donors (Lipinski definition) is 1. The SMILES string of the molecule is CC(C)NC(=O)Cn1nnnc1COc1ccccc1Cl. The molecule has 1 aromatic carbocycles. The number of rotatable bonds is 6. The second-order valence-corrected chi connectivity index (χ2v) is 5.10. The molecule has 0 unspecified atom stereocenters. The molecule has 0 fully saturated rings. The summed E-state index contributed by atoms with van der Waals surface area (Å²) < 4.78 is 6.95. The lowest BCUT2D eigenvalue weighted by atomic mass is 10.3. The molecule has 2 rings (SSSR count). The number of nitrogens with one attached hydrogen (secondary N) is 1. The van der Waals surface area contributed by atoms with E-state index >= 15 is 0 Å². The molecule has 0 aliphatic heterocycles. The molecule has 1 amide bonds. The highest BCUT2D eigenvalue weighted by Gasteiger charge is 2.12. The van der Waals surface area contributed by atoms with Crippen LogP contribution in [0.15, 0.2) is 24.3 Å². The molecule has 0 spiro atoms. The summed E-state index contributed by atoms with van der Waals surface area (Å²) in [5.41, 5.74) is 0. The van der Waals surface area contributed by atoms with E-state index in [4.69, 9.17) is 16.3 Å². The Bertz CT molecular complexity index is 614. The van der Waals surface area contributed by atoms with Crippen LogP contribution in [0.3, 0.4) is 0 Å². The van der Waals surface area contributed by atoms with Crippen molar-refractivity contribution in [1.29, 1.82) is 0 Å². The Morgan fingerprint density at radius 3 is 2.90 bits per heavy atom. The van der Waals surface area contributed by atoms with Gasteiger partial charge in [0.15, 0.2) is 5.82 Å². The van der Waals surface area contributed by atoms with Gasteiger partial charge in [0.2, 0.25) is 5.91 Å². The van der Waals surface area contributed by atoms with Crippen molar-refractivity contribution in [1.82, 2.24) is 25.5 Å². The highest BCUT2D eigenvalue weighted by atomic mass is 35.5. The van der Waals surface area contributed by atoms with Gasteiger partial charge in [0.05, 0.1) is 5.02 Å². The Morgan fingerprint density at radius 2 is 2.19 bits per heavy atom. The Balaban J connectivity index is 1.97. The third-order valence-corrected chi connectivity index (χ3v) is 2.85. The molecule has 112 valence electrons. The van der Waals surface area contributed by atoms with E-state index in [1.807, 2.05) is 26.0 Å². The third-order valence-electron chi connectivity index (χ3n) is 2.54. The Morgan fingerprint density at radius 1 is 1.43 bits per heavy atom.